The largest absolute Gasteiger partial charge is 0.454 e. The Labute approximate surface area is 192 Å². The summed E-state index contributed by atoms with van der Waals surface area (Å²) < 4.78 is 10.7. The van der Waals surface area contributed by atoms with Crippen molar-refractivity contribution in [3.8, 4) is 11.5 Å². The number of nitrogens with one attached hydrogen (secondary N) is 2. The number of fused-ring (bicyclic) bond motifs is 1. The fourth-order valence-corrected chi connectivity index (χ4v) is 3.25. The molecule has 10 heteroatoms. The van der Waals surface area contributed by atoms with Crippen LogP contribution in [-0.2, 0) is 4.79 Å². The van der Waals surface area contributed by atoms with E-state index in [1.54, 1.807) is 36.4 Å². The first-order valence-corrected chi connectivity index (χ1v) is 10.0. The lowest BCUT2D eigenvalue weighted by molar-refractivity contribution is -0.384. The Kier molecular flexibility index (Phi) is 6.23. The molecule has 3 aromatic carbocycles. The van der Waals surface area contributed by atoms with Crippen molar-refractivity contribution in [3.05, 3.63) is 98.7 Å². The molecule has 0 saturated heterocycles. The number of benzene rings is 3. The number of carbonyl (C=O) groups is 2. The van der Waals surface area contributed by atoms with E-state index in [2.05, 4.69) is 10.6 Å². The molecule has 0 fully saturated rings. The molecule has 1 heterocycles. The molecule has 0 aliphatic carbocycles. The maximum atomic E-state index is 13.0. The van der Waals surface area contributed by atoms with Crippen LogP contribution in [0.3, 0.4) is 0 Å². The maximum Gasteiger partial charge on any atom is 0.272 e. The van der Waals surface area contributed by atoms with Gasteiger partial charge in [-0.1, -0.05) is 29.8 Å². The molecule has 0 spiro atoms. The number of rotatable bonds is 6. The van der Waals surface area contributed by atoms with Crippen molar-refractivity contribution in [2.45, 2.75) is 0 Å². The van der Waals surface area contributed by atoms with Crippen molar-refractivity contribution in [3.63, 3.8) is 0 Å². The summed E-state index contributed by atoms with van der Waals surface area (Å²) in [5.41, 5.74) is 0.897. The van der Waals surface area contributed by atoms with Gasteiger partial charge in [-0.05, 0) is 48.0 Å². The normalized spacial score (nSPS) is 12.2. The molecule has 1 aliphatic heterocycles. The predicted molar refractivity (Wildman–Crippen MR) is 121 cm³/mol. The third-order valence-corrected chi connectivity index (χ3v) is 4.98. The van der Waals surface area contributed by atoms with Crippen LogP contribution in [0.2, 0.25) is 5.02 Å². The number of non-ortho nitro benzene ring substituents is 1. The zero-order chi connectivity index (χ0) is 23.4. The Hall–Kier alpha value is -4.37. The van der Waals surface area contributed by atoms with Crippen molar-refractivity contribution in [1.29, 1.82) is 0 Å². The van der Waals surface area contributed by atoms with E-state index in [9.17, 15) is 19.7 Å². The van der Waals surface area contributed by atoms with Crippen LogP contribution in [0.1, 0.15) is 15.9 Å². The molecule has 0 radical (unpaired) electrons. The summed E-state index contributed by atoms with van der Waals surface area (Å²) in [7, 11) is 0. The third-order valence-electron chi connectivity index (χ3n) is 4.65. The van der Waals surface area contributed by atoms with Crippen LogP contribution in [0, 0.1) is 10.1 Å². The highest BCUT2D eigenvalue weighted by atomic mass is 35.5. The van der Waals surface area contributed by atoms with Gasteiger partial charge in [-0.25, -0.2) is 0 Å². The highest BCUT2D eigenvalue weighted by Crippen LogP contribution is 2.33. The highest BCUT2D eigenvalue weighted by Gasteiger charge is 2.18. The highest BCUT2D eigenvalue weighted by molar-refractivity contribution is 6.34. The van der Waals surface area contributed by atoms with Crippen molar-refractivity contribution in [2.75, 3.05) is 12.1 Å². The summed E-state index contributed by atoms with van der Waals surface area (Å²) in [6.45, 7) is 0.0965. The van der Waals surface area contributed by atoms with Crippen LogP contribution in [0.4, 0.5) is 11.4 Å². The molecule has 2 N–H and O–H groups in total. The summed E-state index contributed by atoms with van der Waals surface area (Å²) in [4.78, 5) is 36.1. The average molecular weight is 466 g/mol. The number of nitro benzene ring substituents is 1. The summed E-state index contributed by atoms with van der Waals surface area (Å²) in [6.07, 6.45) is 1.47. The second-order valence-electron chi connectivity index (χ2n) is 6.86. The molecule has 0 atom stereocenters. The predicted octanol–water partition coefficient (Wildman–Crippen LogP) is 4.39. The van der Waals surface area contributed by atoms with E-state index in [4.69, 9.17) is 21.1 Å². The van der Waals surface area contributed by atoms with Gasteiger partial charge >= 0.3 is 0 Å². The van der Waals surface area contributed by atoms with E-state index in [1.807, 2.05) is 0 Å². The van der Waals surface area contributed by atoms with Crippen LogP contribution in [-0.4, -0.2) is 23.5 Å². The molecule has 0 bridgehead atoms. The fraction of sp³-hybridized carbons (Fsp3) is 0.0435. The second-order valence-corrected chi connectivity index (χ2v) is 7.27. The van der Waals surface area contributed by atoms with Gasteiger partial charge in [0.25, 0.3) is 17.5 Å². The van der Waals surface area contributed by atoms with E-state index >= 15 is 0 Å². The summed E-state index contributed by atoms with van der Waals surface area (Å²) in [5.74, 6) is -0.131. The smallest absolute Gasteiger partial charge is 0.272 e. The standard InChI is InChI=1S/C23H16ClN3O6/c24-18-4-2-1-3-17(18)22(28)26-19(11-14-5-10-20-21(12-14)33-13-32-20)23(29)25-15-6-8-16(9-7-15)27(30)31/h1-12H,13H2,(H,25,29)(H,26,28)/b19-11+. The molecule has 33 heavy (non-hydrogen) atoms. The van der Waals surface area contributed by atoms with Crippen molar-refractivity contribution in [1.82, 2.24) is 5.32 Å². The van der Waals surface area contributed by atoms with Crippen LogP contribution in [0.25, 0.3) is 6.08 Å². The fourth-order valence-electron chi connectivity index (χ4n) is 3.03. The topological polar surface area (TPSA) is 120 Å². The van der Waals surface area contributed by atoms with Crippen LogP contribution < -0.4 is 20.1 Å². The van der Waals surface area contributed by atoms with E-state index in [1.165, 1.54) is 36.4 Å². The van der Waals surface area contributed by atoms with E-state index < -0.39 is 16.7 Å². The number of nitro groups is 1. The molecular weight excluding hydrogens is 450 g/mol. The maximum absolute atomic E-state index is 13.0. The Morgan fingerprint density at radius 3 is 2.45 bits per heavy atom. The lowest BCUT2D eigenvalue weighted by atomic mass is 10.1. The average Bonchev–Trinajstić information content (AvgIpc) is 3.27. The lowest BCUT2D eigenvalue weighted by Crippen LogP contribution is -2.30. The van der Waals surface area contributed by atoms with E-state index in [0.29, 0.717) is 22.7 Å². The van der Waals surface area contributed by atoms with Crippen molar-refractivity contribution < 1.29 is 24.0 Å². The molecule has 0 aromatic heterocycles. The molecule has 4 rings (SSSR count). The van der Waals surface area contributed by atoms with Gasteiger partial charge < -0.3 is 20.1 Å². The van der Waals surface area contributed by atoms with Gasteiger partial charge in [0.2, 0.25) is 6.79 Å². The first-order valence-electron chi connectivity index (χ1n) is 9.64. The number of hydrogen-bond acceptors (Lipinski definition) is 6. The summed E-state index contributed by atoms with van der Waals surface area (Å²) >= 11 is 6.11. The van der Waals surface area contributed by atoms with Gasteiger partial charge in [-0.3, -0.25) is 19.7 Å². The number of carbonyl (C=O) groups excluding carboxylic acids is 2. The van der Waals surface area contributed by atoms with Gasteiger partial charge in [-0.2, -0.15) is 0 Å². The number of anilines is 1. The number of halogens is 1. The van der Waals surface area contributed by atoms with E-state index in [0.717, 1.165) is 0 Å². The Morgan fingerprint density at radius 2 is 1.73 bits per heavy atom. The van der Waals surface area contributed by atoms with Crippen LogP contribution >= 0.6 is 11.6 Å². The van der Waals surface area contributed by atoms with Gasteiger partial charge in [0.1, 0.15) is 5.70 Å². The van der Waals surface area contributed by atoms with Crippen LogP contribution in [0.15, 0.2) is 72.4 Å². The third kappa shape index (κ3) is 5.10. The minimum atomic E-state index is -0.637. The van der Waals surface area contributed by atoms with Crippen LogP contribution in [0.5, 0.6) is 11.5 Å². The zero-order valence-corrected chi connectivity index (χ0v) is 17.7. The second kappa shape index (κ2) is 9.41. The van der Waals surface area contributed by atoms with Gasteiger partial charge in [0.05, 0.1) is 15.5 Å². The molecule has 9 nitrogen and oxygen atoms in total. The molecule has 0 unspecified atom stereocenters. The molecular formula is C23H16ClN3O6. The molecule has 1 aliphatic rings. The number of nitrogens with zero attached hydrogens (tertiary/aromatic N) is 1. The Morgan fingerprint density at radius 1 is 1.00 bits per heavy atom. The number of hydrogen-bond donors (Lipinski definition) is 2. The minimum absolute atomic E-state index is 0.0721. The van der Waals surface area contributed by atoms with Crippen molar-refractivity contribution >= 4 is 40.9 Å². The summed E-state index contributed by atoms with van der Waals surface area (Å²) in [6, 6.07) is 16.8. The lowest BCUT2D eigenvalue weighted by Gasteiger charge is -2.12. The van der Waals surface area contributed by atoms with Gasteiger partial charge in [0.15, 0.2) is 11.5 Å². The Balaban J connectivity index is 1.62. The molecule has 0 saturated carbocycles. The minimum Gasteiger partial charge on any atom is -0.454 e. The number of amides is 2. The first kappa shape index (κ1) is 21.8. The van der Waals surface area contributed by atoms with Gasteiger partial charge in [0, 0.05) is 17.8 Å². The zero-order valence-electron chi connectivity index (χ0n) is 16.9. The summed E-state index contributed by atoms with van der Waals surface area (Å²) in [5, 5.41) is 16.3. The molecule has 166 valence electrons. The SMILES string of the molecule is O=C(Nc1ccc([N+](=O)[O-])cc1)/C(=C\c1ccc2c(c1)OCO2)NC(=O)c1ccccc1Cl. The van der Waals surface area contributed by atoms with Gasteiger partial charge in [-0.15, -0.1) is 0 Å². The van der Waals surface area contributed by atoms with E-state index in [-0.39, 0.29) is 28.8 Å². The van der Waals surface area contributed by atoms with Crippen molar-refractivity contribution in [2.24, 2.45) is 0 Å². The monoisotopic (exact) mass is 465 g/mol. The quantitative estimate of drug-likeness (QED) is 0.316. The number of ether oxygens (including phenoxy) is 2. The Bertz CT molecular complexity index is 1270. The molecule has 3 aromatic rings. The first-order chi connectivity index (χ1) is 15.9. The molecule has 2 amide bonds.